The lowest BCUT2D eigenvalue weighted by Gasteiger charge is -2.38. The van der Waals surface area contributed by atoms with Crippen LogP contribution in [0.15, 0.2) is 18.2 Å². The van der Waals surface area contributed by atoms with E-state index in [4.69, 9.17) is 16.3 Å². The number of aliphatic hydroxyl groups is 1. The highest BCUT2D eigenvalue weighted by molar-refractivity contribution is 6.61. The number of benzene rings is 1. The minimum absolute atomic E-state index is 0.556. The zero-order valence-electron chi connectivity index (χ0n) is 15.9. The van der Waals surface area contributed by atoms with E-state index in [2.05, 4.69) is 16.8 Å². The van der Waals surface area contributed by atoms with Crippen LogP contribution >= 0.6 is 11.6 Å². The number of nitrogens with zero attached hydrogens (tertiary/aromatic N) is 2. The van der Waals surface area contributed by atoms with Gasteiger partial charge in [-0.25, -0.2) is 0 Å². The molecular weight excluding hydrogens is 338 g/mol. The molecule has 0 aromatic heterocycles. The van der Waals surface area contributed by atoms with Crippen LogP contribution in [0, 0.1) is 0 Å². The first kappa shape index (κ1) is 20.7. The third kappa shape index (κ3) is 5.42. The molecule has 1 fully saturated rings. The van der Waals surface area contributed by atoms with Crippen molar-refractivity contribution in [3.63, 3.8) is 0 Å². The molecule has 7 heteroatoms. The quantitative estimate of drug-likeness (QED) is 0.742. The molecule has 140 valence electrons. The second-order valence-electron chi connectivity index (χ2n) is 7.96. The fourth-order valence-electron chi connectivity index (χ4n) is 2.67. The van der Waals surface area contributed by atoms with E-state index in [1.165, 1.54) is 0 Å². The molecule has 2 N–H and O–H groups in total. The zero-order valence-corrected chi connectivity index (χ0v) is 16.7. The maximum atomic E-state index is 10.7. The number of halogens is 1. The first-order chi connectivity index (χ1) is 11.5. The highest BCUT2D eigenvalue weighted by Gasteiger charge is 2.40. The highest BCUT2D eigenvalue weighted by Crippen LogP contribution is 2.26. The molecule has 0 saturated carbocycles. The van der Waals surface area contributed by atoms with E-state index in [1.807, 2.05) is 12.1 Å². The fraction of sp³-hybridized carbons (Fsp3) is 0.667. The second kappa shape index (κ2) is 7.95. The second-order valence-corrected chi connectivity index (χ2v) is 8.40. The molecule has 0 unspecified atom stereocenters. The van der Waals surface area contributed by atoms with Crippen LogP contribution in [0.25, 0.3) is 0 Å². The summed E-state index contributed by atoms with van der Waals surface area (Å²) in [5, 5.41) is 21.5. The van der Waals surface area contributed by atoms with E-state index >= 15 is 0 Å². The molecule has 1 heterocycles. The predicted octanol–water partition coefficient (Wildman–Crippen LogP) is 1.34. The van der Waals surface area contributed by atoms with Gasteiger partial charge in [-0.05, 0) is 57.9 Å². The molecule has 1 saturated heterocycles. The summed E-state index contributed by atoms with van der Waals surface area (Å²) in [5.41, 5.74) is -0.360. The van der Waals surface area contributed by atoms with Crippen molar-refractivity contribution in [2.24, 2.45) is 0 Å². The van der Waals surface area contributed by atoms with Crippen LogP contribution in [0.5, 0.6) is 0 Å². The van der Waals surface area contributed by atoms with Gasteiger partial charge in [-0.1, -0.05) is 17.7 Å². The van der Waals surface area contributed by atoms with E-state index in [0.29, 0.717) is 10.5 Å². The van der Waals surface area contributed by atoms with Crippen LogP contribution in [0.4, 0.5) is 0 Å². The highest BCUT2D eigenvalue weighted by atomic mass is 35.5. The lowest BCUT2D eigenvalue weighted by molar-refractivity contribution is -0.0982. The molecule has 1 aliphatic heterocycles. The van der Waals surface area contributed by atoms with Crippen LogP contribution in [0.3, 0.4) is 0 Å². The average molecular weight is 369 g/mol. The SMILES string of the molecule is CN1CCN(Cc2ccc(Cl)cc2B(O)OC(C)(C)C(C)(C)O)CC1. The van der Waals surface area contributed by atoms with E-state index in [1.54, 1.807) is 33.8 Å². The van der Waals surface area contributed by atoms with Crippen molar-refractivity contribution in [2.75, 3.05) is 33.2 Å². The molecule has 0 radical (unpaired) electrons. The Hall–Kier alpha value is -0.625. The minimum atomic E-state index is -1.15. The smallest absolute Gasteiger partial charge is 0.423 e. The van der Waals surface area contributed by atoms with Crippen molar-refractivity contribution in [3.05, 3.63) is 28.8 Å². The van der Waals surface area contributed by atoms with E-state index in [-0.39, 0.29) is 0 Å². The maximum absolute atomic E-state index is 10.7. The van der Waals surface area contributed by atoms with Gasteiger partial charge in [0, 0.05) is 37.7 Å². The molecule has 1 aliphatic rings. The summed E-state index contributed by atoms with van der Waals surface area (Å²) in [6, 6.07) is 5.53. The normalized spacial score (nSPS) is 17.8. The topological polar surface area (TPSA) is 56.2 Å². The summed E-state index contributed by atoms with van der Waals surface area (Å²) in [4.78, 5) is 4.67. The predicted molar refractivity (Wildman–Crippen MR) is 103 cm³/mol. The molecular formula is C18H30BClN2O3. The number of hydrogen-bond acceptors (Lipinski definition) is 5. The summed E-state index contributed by atoms with van der Waals surface area (Å²) in [5.74, 6) is 0. The standard InChI is InChI=1S/C18H30BClN2O3/c1-17(2,23)18(3,4)25-19(24)16-12-15(20)7-6-14(16)13-22-10-8-21(5)9-11-22/h6-7,12,23-24H,8-11,13H2,1-5H3. The van der Waals surface area contributed by atoms with Gasteiger partial charge in [0.1, 0.15) is 0 Å². The molecule has 5 nitrogen and oxygen atoms in total. The van der Waals surface area contributed by atoms with Gasteiger partial charge in [-0.3, -0.25) is 4.90 Å². The van der Waals surface area contributed by atoms with Crippen molar-refractivity contribution >= 4 is 24.2 Å². The number of hydrogen-bond donors (Lipinski definition) is 2. The van der Waals surface area contributed by atoms with Crippen molar-refractivity contribution in [3.8, 4) is 0 Å². The van der Waals surface area contributed by atoms with Crippen molar-refractivity contribution in [1.82, 2.24) is 9.80 Å². The fourth-order valence-corrected chi connectivity index (χ4v) is 2.85. The summed E-state index contributed by atoms with van der Waals surface area (Å²) in [6.07, 6.45) is 0. The third-order valence-electron chi connectivity index (χ3n) is 5.24. The molecule has 1 aromatic rings. The van der Waals surface area contributed by atoms with Gasteiger partial charge in [0.25, 0.3) is 0 Å². The number of piperazine rings is 1. The monoisotopic (exact) mass is 368 g/mol. The molecule has 0 spiro atoms. The summed E-state index contributed by atoms with van der Waals surface area (Å²) in [6.45, 7) is 11.7. The zero-order chi connectivity index (χ0) is 18.8. The minimum Gasteiger partial charge on any atom is -0.423 e. The first-order valence-corrected chi connectivity index (χ1v) is 9.15. The van der Waals surface area contributed by atoms with Gasteiger partial charge in [0.2, 0.25) is 0 Å². The lowest BCUT2D eigenvalue weighted by Crippen LogP contribution is -2.54. The summed E-state index contributed by atoms with van der Waals surface area (Å²) < 4.78 is 5.81. The average Bonchev–Trinajstić information content (AvgIpc) is 2.49. The largest absolute Gasteiger partial charge is 0.492 e. The van der Waals surface area contributed by atoms with E-state index in [9.17, 15) is 10.1 Å². The maximum Gasteiger partial charge on any atom is 0.492 e. The van der Waals surface area contributed by atoms with Gasteiger partial charge < -0.3 is 19.7 Å². The lowest BCUT2D eigenvalue weighted by atomic mass is 9.74. The Labute approximate surface area is 156 Å². The molecule has 0 amide bonds. The Morgan fingerprint density at radius 1 is 1.16 bits per heavy atom. The molecule has 0 bridgehead atoms. The van der Waals surface area contributed by atoms with Crippen LogP contribution < -0.4 is 5.46 Å². The van der Waals surface area contributed by atoms with Gasteiger partial charge in [-0.15, -0.1) is 0 Å². The van der Waals surface area contributed by atoms with Gasteiger partial charge in [0.15, 0.2) is 0 Å². The summed E-state index contributed by atoms with van der Waals surface area (Å²) in [7, 11) is 0.976. The van der Waals surface area contributed by atoms with E-state index < -0.39 is 18.3 Å². The Morgan fingerprint density at radius 3 is 2.32 bits per heavy atom. The van der Waals surface area contributed by atoms with Gasteiger partial charge in [-0.2, -0.15) is 0 Å². The van der Waals surface area contributed by atoms with Crippen LogP contribution in [0.1, 0.15) is 33.3 Å². The number of rotatable bonds is 6. The summed E-state index contributed by atoms with van der Waals surface area (Å²) >= 11 is 6.15. The van der Waals surface area contributed by atoms with Crippen LogP contribution in [-0.4, -0.2) is 71.5 Å². The Kier molecular flexibility index (Phi) is 6.57. The van der Waals surface area contributed by atoms with Gasteiger partial charge >= 0.3 is 7.12 Å². The molecule has 25 heavy (non-hydrogen) atoms. The Morgan fingerprint density at radius 2 is 1.76 bits per heavy atom. The molecule has 1 aromatic carbocycles. The molecule has 2 rings (SSSR count). The Bertz CT molecular complexity index is 584. The molecule has 0 aliphatic carbocycles. The Balaban J connectivity index is 2.17. The van der Waals surface area contributed by atoms with Crippen molar-refractivity contribution < 1.29 is 14.8 Å². The molecule has 0 atom stereocenters. The van der Waals surface area contributed by atoms with Crippen LogP contribution in [0.2, 0.25) is 5.02 Å². The first-order valence-electron chi connectivity index (χ1n) is 8.77. The van der Waals surface area contributed by atoms with E-state index in [0.717, 1.165) is 38.3 Å². The third-order valence-corrected chi connectivity index (χ3v) is 5.48. The van der Waals surface area contributed by atoms with Gasteiger partial charge in [0.05, 0.1) is 11.2 Å². The van der Waals surface area contributed by atoms with Crippen molar-refractivity contribution in [2.45, 2.75) is 45.4 Å². The number of likely N-dealkylation sites (N-methyl/N-ethyl adjacent to an activating group) is 1. The van der Waals surface area contributed by atoms with Crippen molar-refractivity contribution in [1.29, 1.82) is 0 Å². The van der Waals surface area contributed by atoms with Crippen LogP contribution in [-0.2, 0) is 11.2 Å².